The van der Waals surface area contributed by atoms with Gasteiger partial charge in [0.05, 0.1) is 11.4 Å². The Kier molecular flexibility index (Phi) is 7.52. The number of thiophene rings is 1. The quantitative estimate of drug-likeness (QED) is 0.295. The average molecular weight is 594 g/mol. The smallest absolute Gasteiger partial charge is 0.261 e. The fourth-order valence-electron chi connectivity index (χ4n) is 5.78. The second-order valence-corrected chi connectivity index (χ2v) is 11.9. The third-order valence-electron chi connectivity index (χ3n) is 8.09. The number of nitrogens with zero attached hydrogens (tertiary/aromatic N) is 7. The van der Waals surface area contributed by atoms with Crippen molar-refractivity contribution in [3.63, 3.8) is 0 Å². The standard InChI is InChI=1S/C31H31N9O2S/c41-27(40-16-14-39(15-17-40)24-4-2-22(3-5-24)29-33-9-1-10-34-29)20-38-13-8-23(19-38)35-30(42)26-18-25-28(36-37-31(25)43-26)21-6-11-32-12-7-21/h1-7,9-12,18,23H,8,13-17,19-20H2,(H,35,42)(H,36,37)/t23-/m1/s1. The Morgan fingerprint density at radius 1 is 0.930 bits per heavy atom. The van der Waals surface area contributed by atoms with Crippen LogP contribution < -0.4 is 10.2 Å². The number of benzene rings is 1. The van der Waals surface area contributed by atoms with Crippen LogP contribution in [0.5, 0.6) is 0 Å². The fourth-order valence-corrected chi connectivity index (χ4v) is 6.69. The zero-order valence-electron chi connectivity index (χ0n) is 23.5. The number of fused-ring (bicyclic) bond motifs is 1. The predicted octanol–water partition coefficient (Wildman–Crippen LogP) is 3.30. The van der Waals surface area contributed by atoms with Gasteiger partial charge < -0.3 is 15.1 Å². The van der Waals surface area contributed by atoms with Crippen LogP contribution in [0, 0.1) is 0 Å². The number of rotatable bonds is 7. The Morgan fingerprint density at radius 3 is 2.47 bits per heavy atom. The molecule has 1 aromatic carbocycles. The number of aromatic nitrogens is 5. The topological polar surface area (TPSA) is 123 Å². The van der Waals surface area contributed by atoms with Crippen LogP contribution >= 0.6 is 11.3 Å². The van der Waals surface area contributed by atoms with E-state index in [-0.39, 0.29) is 17.9 Å². The summed E-state index contributed by atoms with van der Waals surface area (Å²) < 4.78 is 0. The third kappa shape index (κ3) is 5.84. The molecule has 2 N–H and O–H groups in total. The largest absolute Gasteiger partial charge is 0.368 e. The molecule has 4 aromatic heterocycles. The minimum Gasteiger partial charge on any atom is -0.368 e. The summed E-state index contributed by atoms with van der Waals surface area (Å²) in [5, 5.41) is 11.6. The predicted molar refractivity (Wildman–Crippen MR) is 166 cm³/mol. The van der Waals surface area contributed by atoms with Crippen LogP contribution in [-0.2, 0) is 4.79 Å². The van der Waals surface area contributed by atoms with Gasteiger partial charge in [-0.1, -0.05) is 0 Å². The summed E-state index contributed by atoms with van der Waals surface area (Å²) >= 11 is 1.40. The number of nitrogens with one attached hydrogen (secondary N) is 2. The van der Waals surface area contributed by atoms with Crippen LogP contribution in [0.25, 0.3) is 32.9 Å². The molecule has 43 heavy (non-hydrogen) atoms. The number of carbonyl (C=O) groups excluding carboxylic acids is 2. The number of H-pyrrole nitrogens is 1. The van der Waals surface area contributed by atoms with Gasteiger partial charge >= 0.3 is 0 Å². The minimum atomic E-state index is -0.0890. The molecule has 0 spiro atoms. The number of carbonyl (C=O) groups is 2. The highest BCUT2D eigenvalue weighted by Gasteiger charge is 2.29. The zero-order chi connectivity index (χ0) is 29.2. The highest BCUT2D eigenvalue weighted by Crippen LogP contribution is 2.32. The van der Waals surface area contributed by atoms with Crippen LogP contribution in [0.3, 0.4) is 0 Å². The molecule has 0 unspecified atom stereocenters. The van der Waals surface area contributed by atoms with Gasteiger partial charge in [0, 0.05) is 92.3 Å². The van der Waals surface area contributed by atoms with Gasteiger partial charge in [0.25, 0.3) is 5.91 Å². The van der Waals surface area contributed by atoms with Crippen molar-refractivity contribution in [2.75, 3.05) is 50.7 Å². The van der Waals surface area contributed by atoms with Gasteiger partial charge in [-0.2, -0.15) is 5.10 Å². The van der Waals surface area contributed by atoms with Crippen molar-refractivity contribution in [1.29, 1.82) is 0 Å². The van der Waals surface area contributed by atoms with Crippen molar-refractivity contribution in [2.45, 2.75) is 12.5 Å². The molecular weight excluding hydrogens is 562 g/mol. The number of likely N-dealkylation sites (tertiary alicyclic amines) is 1. The molecule has 12 heteroatoms. The normalized spacial score (nSPS) is 17.4. The lowest BCUT2D eigenvalue weighted by atomic mass is 10.1. The number of hydrogen-bond donors (Lipinski definition) is 2. The summed E-state index contributed by atoms with van der Waals surface area (Å²) in [6.45, 7) is 4.80. The summed E-state index contributed by atoms with van der Waals surface area (Å²) in [7, 11) is 0. The molecule has 1 atom stereocenters. The molecule has 11 nitrogen and oxygen atoms in total. The first-order valence-electron chi connectivity index (χ1n) is 14.4. The number of piperazine rings is 1. The van der Waals surface area contributed by atoms with Crippen LogP contribution in [0.4, 0.5) is 5.69 Å². The summed E-state index contributed by atoms with van der Waals surface area (Å²) in [5.74, 6) is 0.770. The van der Waals surface area contributed by atoms with Gasteiger partial charge in [-0.3, -0.25) is 24.6 Å². The van der Waals surface area contributed by atoms with E-state index in [1.54, 1.807) is 24.8 Å². The van der Waals surface area contributed by atoms with E-state index in [9.17, 15) is 9.59 Å². The SMILES string of the molecule is O=C(N[C@@H]1CCN(CC(=O)N2CCN(c3ccc(-c4ncccn4)cc3)CC2)C1)c1cc2c(-c3ccncc3)n[nH]c2s1. The number of hydrogen-bond acceptors (Lipinski definition) is 9. The van der Waals surface area contributed by atoms with E-state index < -0.39 is 0 Å². The molecule has 0 saturated carbocycles. The van der Waals surface area contributed by atoms with Crippen molar-refractivity contribution in [1.82, 2.24) is 40.3 Å². The Hall–Kier alpha value is -4.68. The average Bonchev–Trinajstić information content (AvgIpc) is 3.79. The monoisotopic (exact) mass is 593 g/mol. The molecule has 2 saturated heterocycles. The summed E-state index contributed by atoms with van der Waals surface area (Å²) in [6.07, 6.45) is 7.77. The number of anilines is 1. The Labute approximate surface area is 252 Å². The second-order valence-electron chi connectivity index (χ2n) is 10.8. The fraction of sp³-hybridized carbons (Fsp3) is 0.290. The van der Waals surface area contributed by atoms with Crippen LogP contribution in [0.2, 0.25) is 0 Å². The van der Waals surface area contributed by atoms with Gasteiger partial charge in [-0.25, -0.2) is 9.97 Å². The van der Waals surface area contributed by atoms with Crippen molar-refractivity contribution < 1.29 is 9.59 Å². The van der Waals surface area contributed by atoms with Gasteiger partial charge in [-0.05, 0) is 55.0 Å². The van der Waals surface area contributed by atoms with E-state index in [1.807, 2.05) is 41.3 Å². The first kappa shape index (κ1) is 27.2. The lowest BCUT2D eigenvalue weighted by Crippen LogP contribution is -2.51. The molecule has 0 bridgehead atoms. The van der Waals surface area contributed by atoms with Crippen LogP contribution in [0.1, 0.15) is 16.1 Å². The van der Waals surface area contributed by atoms with Crippen LogP contribution in [-0.4, -0.2) is 98.6 Å². The Bertz CT molecular complexity index is 1710. The molecular formula is C31H31N9O2S. The molecule has 2 aliphatic rings. The number of aromatic amines is 1. The highest BCUT2D eigenvalue weighted by atomic mass is 32.1. The lowest BCUT2D eigenvalue weighted by Gasteiger charge is -2.36. The van der Waals surface area contributed by atoms with E-state index in [1.165, 1.54) is 11.3 Å². The molecule has 6 heterocycles. The maximum Gasteiger partial charge on any atom is 0.261 e. The number of amides is 2. The highest BCUT2D eigenvalue weighted by molar-refractivity contribution is 7.20. The van der Waals surface area contributed by atoms with Gasteiger partial charge in [-0.15, -0.1) is 11.3 Å². The van der Waals surface area contributed by atoms with Crippen LogP contribution in [0.15, 0.2) is 73.3 Å². The van der Waals surface area contributed by atoms with E-state index in [4.69, 9.17) is 0 Å². The molecule has 5 aromatic rings. The molecule has 218 valence electrons. The Morgan fingerprint density at radius 2 is 1.70 bits per heavy atom. The first-order valence-corrected chi connectivity index (χ1v) is 15.2. The molecule has 2 fully saturated rings. The maximum absolute atomic E-state index is 13.1. The maximum atomic E-state index is 13.1. The second kappa shape index (κ2) is 11.9. The molecule has 2 aliphatic heterocycles. The van der Waals surface area contributed by atoms with Crippen molar-refractivity contribution >= 4 is 39.1 Å². The van der Waals surface area contributed by atoms with Crippen molar-refractivity contribution in [2.24, 2.45) is 0 Å². The first-order chi connectivity index (χ1) is 21.1. The molecule has 0 radical (unpaired) electrons. The molecule has 7 rings (SSSR count). The third-order valence-corrected chi connectivity index (χ3v) is 9.13. The van der Waals surface area contributed by atoms with Gasteiger partial charge in [0.15, 0.2) is 5.82 Å². The van der Waals surface area contributed by atoms with Crippen molar-refractivity contribution in [3.8, 4) is 22.6 Å². The minimum absolute atomic E-state index is 0.0136. The summed E-state index contributed by atoms with van der Waals surface area (Å²) in [4.78, 5) is 46.8. The summed E-state index contributed by atoms with van der Waals surface area (Å²) in [5.41, 5.74) is 3.89. The Balaban J connectivity index is 0.885. The molecule has 2 amide bonds. The van der Waals surface area contributed by atoms with Gasteiger partial charge in [0.1, 0.15) is 10.5 Å². The zero-order valence-corrected chi connectivity index (χ0v) is 24.3. The number of pyridine rings is 1. The van der Waals surface area contributed by atoms with E-state index in [0.29, 0.717) is 36.9 Å². The molecule has 0 aliphatic carbocycles. The van der Waals surface area contributed by atoms with E-state index >= 15 is 0 Å². The summed E-state index contributed by atoms with van der Waals surface area (Å²) in [6, 6.07) is 15.8. The lowest BCUT2D eigenvalue weighted by molar-refractivity contribution is -0.132. The van der Waals surface area contributed by atoms with E-state index in [0.717, 1.165) is 58.8 Å². The van der Waals surface area contributed by atoms with Gasteiger partial charge in [0.2, 0.25) is 5.91 Å². The van der Waals surface area contributed by atoms with Crippen molar-refractivity contribution in [3.05, 3.63) is 78.2 Å². The van der Waals surface area contributed by atoms with E-state index in [2.05, 4.69) is 52.4 Å².